The van der Waals surface area contributed by atoms with Crippen LogP contribution in [0.3, 0.4) is 0 Å². The van der Waals surface area contributed by atoms with Gasteiger partial charge in [0.25, 0.3) is 0 Å². The third-order valence-corrected chi connectivity index (χ3v) is 6.98. The summed E-state index contributed by atoms with van der Waals surface area (Å²) in [5, 5.41) is 7.39. The average molecular weight is 445 g/mol. The molecule has 1 N–H and O–H groups in total. The zero-order chi connectivity index (χ0) is 23.4. The molecular weight excluding hydrogens is 416 g/mol. The Labute approximate surface area is 199 Å². The number of nitrogens with one attached hydrogen (secondary N) is 1. The number of H-pyrrole nitrogens is 1. The standard InChI is InChI=1S/C30H28N4/c1-17(2)28-13-21(14-32-28)19-5-7-22-23-8-6-20(29-16-33-30(34-29)18(3)4)12-26(23)27-15-31-10-9-24(27)25(22)11-19/h5-12,14-18H,13H2,1-4H3,(H,33,34). The molecule has 34 heavy (non-hydrogen) atoms. The number of hydrogen-bond donors (Lipinski definition) is 1. The second kappa shape index (κ2) is 7.91. The molecule has 0 atom stereocenters. The molecule has 6 rings (SSSR count). The summed E-state index contributed by atoms with van der Waals surface area (Å²) >= 11 is 0. The molecule has 2 aromatic heterocycles. The molecule has 3 heterocycles. The van der Waals surface area contributed by atoms with Crippen LogP contribution in [0.15, 0.2) is 72.2 Å². The maximum absolute atomic E-state index is 4.67. The van der Waals surface area contributed by atoms with Gasteiger partial charge >= 0.3 is 0 Å². The van der Waals surface area contributed by atoms with Crippen LogP contribution in [-0.2, 0) is 0 Å². The minimum Gasteiger partial charge on any atom is -0.342 e. The van der Waals surface area contributed by atoms with Gasteiger partial charge in [-0.2, -0.15) is 0 Å². The van der Waals surface area contributed by atoms with Crippen LogP contribution in [0, 0.1) is 5.92 Å². The fourth-order valence-electron chi connectivity index (χ4n) is 4.97. The van der Waals surface area contributed by atoms with E-state index in [4.69, 9.17) is 0 Å². The van der Waals surface area contributed by atoms with Gasteiger partial charge in [0.15, 0.2) is 0 Å². The van der Waals surface area contributed by atoms with Crippen molar-refractivity contribution in [3.8, 4) is 11.3 Å². The van der Waals surface area contributed by atoms with Crippen molar-refractivity contribution in [2.24, 2.45) is 10.9 Å². The molecule has 0 radical (unpaired) electrons. The summed E-state index contributed by atoms with van der Waals surface area (Å²) in [6, 6.07) is 15.7. The number of rotatable bonds is 4. The molecule has 0 saturated carbocycles. The molecule has 0 unspecified atom stereocenters. The summed E-state index contributed by atoms with van der Waals surface area (Å²) in [7, 11) is 0. The summed E-state index contributed by atoms with van der Waals surface area (Å²) in [4.78, 5) is 17.2. The normalized spacial score (nSPS) is 14.1. The van der Waals surface area contributed by atoms with Crippen LogP contribution in [0.25, 0.3) is 49.1 Å². The number of imidazole rings is 1. The zero-order valence-electron chi connectivity index (χ0n) is 20.1. The largest absolute Gasteiger partial charge is 0.342 e. The van der Waals surface area contributed by atoms with Crippen LogP contribution in [0.5, 0.6) is 0 Å². The van der Waals surface area contributed by atoms with Gasteiger partial charge in [0.1, 0.15) is 5.82 Å². The van der Waals surface area contributed by atoms with Crippen molar-refractivity contribution in [3.05, 3.63) is 78.6 Å². The molecule has 168 valence electrons. The number of hydrogen-bond acceptors (Lipinski definition) is 3. The van der Waals surface area contributed by atoms with E-state index in [1.807, 2.05) is 24.8 Å². The number of aromatic amines is 1. The molecular formula is C30H28N4. The van der Waals surface area contributed by atoms with Gasteiger partial charge in [-0.15, -0.1) is 0 Å². The molecule has 0 aliphatic carbocycles. The first-order chi connectivity index (χ1) is 16.5. The Morgan fingerprint density at radius 1 is 0.735 bits per heavy atom. The Bertz CT molecular complexity index is 1610. The molecule has 0 bridgehead atoms. The topological polar surface area (TPSA) is 53.9 Å². The lowest BCUT2D eigenvalue weighted by atomic mass is 9.91. The Morgan fingerprint density at radius 2 is 1.44 bits per heavy atom. The minimum atomic E-state index is 0.370. The number of aromatic nitrogens is 3. The number of aliphatic imine (C=N–C) groups is 1. The lowest BCUT2D eigenvalue weighted by molar-refractivity contribution is 0.795. The van der Waals surface area contributed by atoms with Crippen molar-refractivity contribution in [2.75, 3.05) is 0 Å². The maximum Gasteiger partial charge on any atom is 0.109 e. The lowest BCUT2D eigenvalue weighted by Gasteiger charge is -2.13. The Balaban J connectivity index is 1.53. The molecule has 5 aromatic rings. The van der Waals surface area contributed by atoms with Gasteiger partial charge in [-0.05, 0) is 62.2 Å². The summed E-state index contributed by atoms with van der Waals surface area (Å²) in [6.07, 6.45) is 8.80. The fourth-order valence-corrected chi connectivity index (χ4v) is 4.97. The number of pyridine rings is 1. The predicted octanol–water partition coefficient (Wildman–Crippen LogP) is 7.90. The highest BCUT2D eigenvalue weighted by Crippen LogP contribution is 2.38. The van der Waals surface area contributed by atoms with Gasteiger partial charge in [0, 0.05) is 47.6 Å². The van der Waals surface area contributed by atoms with Gasteiger partial charge in [-0.3, -0.25) is 9.98 Å². The highest BCUT2D eigenvalue weighted by molar-refractivity contribution is 6.26. The quantitative estimate of drug-likeness (QED) is 0.286. The monoisotopic (exact) mass is 444 g/mol. The molecule has 0 fully saturated rings. The van der Waals surface area contributed by atoms with Gasteiger partial charge in [0.05, 0.1) is 11.9 Å². The van der Waals surface area contributed by atoms with Crippen molar-refractivity contribution in [1.82, 2.24) is 15.0 Å². The van der Waals surface area contributed by atoms with Crippen molar-refractivity contribution in [1.29, 1.82) is 0 Å². The van der Waals surface area contributed by atoms with Crippen LogP contribution < -0.4 is 0 Å². The van der Waals surface area contributed by atoms with Gasteiger partial charge in [-0.1, -0.05) is 52.0 Å². The smallest absolute Gasteiger partial charge is 0.109 e. The Morgan fingerprint density at radius 3 is 2.15 bits per heavy atom. The predicted molar refractivity (Wildman–Crippen MR) is 143 cm³/mol. The van der Waals surface area contributed by atoms with E-state index in [-0.39, 0.29) is 0 Å². The van der Waals surface area contributed by atoms with E-state index >= 15 is 0 Å². The van der Waals surface area contributed by atoms with E-state index in [9.17, 15) is 0 Å². The lowest BCUT2D eigenvalue weighted by Crippen LogP contribution is -2.04. The fraction of sp³-hybridized carbons (Fsp3) is 0.233. The van der Waals surface area contributed by atoms with E-state index in [1.54, 1.807) is 0 Å². The van der Waals surface area contributed by atoms with Gasteiger partial charge in [-0.25, -0.2) is 4.98 Å². The van der Waals surface area contributed by atoms with Crippen molar-refractivity contribution in [3.63, 3.8) is 0 Å². The van der Waals surface area contributed by atoms with Crippen LogP contribution in [-0.4, -0.2) is 20.7 Å². The summed E-state index contributed by atoms with van der Waals surface area (Å²) in [6.45, 7) is 8.73. The van der Waals surface area contributed by atoms with E-state index in [2.05, 4.69) is 90.1 Å². The Kier molecular flexibility index (Phi) is 4.84. The maximum atomic E-state index is 4.67. The molecule has 4 nitrogen and oxygen atoms in total. The second-order valence-corrected chi connectivity index (χ2v) is 9.89. The number of nitrogens with zero attached hydrogens (tertiary/aromatic N) is 3. The molecule has 1 aliphatic rings. The van der Waals surface area contributed by atoms with E-state index < -0.39 is 0 Å². The molecule has 1 aliphatic heterocycles. The van der Waals surface area contributed by atoms with E-state index in [0.29, 0.717) is 11.8 Å². The zero-order valence-corrected chi connectivity index (χ0v) is 20.1. The first-order valence-electron chi connectivity index (χ1n) is 12.0. The molecule has 4 heteroatoms. The van der Waals surface area contributed by atoms with Crippen LogP contribution >= 0.6 is 0 Å². The van der Waals surface area contributed by atoms with Crippen molar-refractivity contribution < 1.29 is 0 Å². The van der Waals surface area contributed by atoms with E-state index in [1.165, 1.54) is 49.2 Å². The van der Waals surface area contributed by atoms with Crippen LogP contribution in [0.4, 0.5) is 0 Å². The molecule has 0 saturated heterocycles. The number of allylic oxidation sites excluding steroid dienone is 1. The Hall–Kier alpha value is -3.79. The summed E-state index contributed by atoms with van der Waals surface area (Å²) in [5.41, 5.74) is 5.99. The highest BCUT2D eigenvalue weighted by atomic mass is 14.9. The average Bonchev–Trinajstić information content (AvgIpc) is 3.54. The summed E-state index contributed by atoms with van der Waals surface area (Å²) < 4.78 is 0. The van der Waals surface area contributed by atoms with Crippen molar-refractivity contribution >= 4 is 43.6 Å². The molecule has 0 amide bonds. The van der Waals surface area contributed by atoms with Gasteiger partial charge in [0.2, 0.25) is 0 Å². The van der Waals surface area contributed by atoms with E-state index in [0.717, 1.165) is 23.5 Å². The second-order valence-electron chi connectivity index (χ2n) is 9.89. The first kappa shape index (κ1) is 20.8. The van der Waals surface area contributed by atoms with Crippen LogP contribution in [0.2, 0.25) is 0 Å². The highest BCUT2D eigenvalue weighted by Gasteiger charge is 2.17. The number of fused-ring (bicyclic) bond motifs is 6. The summed E-state index contributed by atoms with van der Waals surface area (Å²) in [5.74, 6) is 1.86. The number of benzene rings is 3. The molecule has 0 spiro atoms. The molecule has 3 aromatic carbocycles. The third-order valence-electron chi connectivity index (χ3n) is 6.98. The van der Waals surface area contributed by atoms with Crippen molar-refractivity contribution in [2.45, 2.75) is 40.0 Å². The van der Waals surface area contributed by atoms with Gasteiger partial charge < -0.3 is 4.98 Å². The van der Waals surface area contributed by atoms with Crippen LogP contribution in [0.1, 0.15) is 51.4 Å². The SMILES string of the molecule is CC(C)C1=NC=C(c2ccc3c4ccc(-c5cnc(C(C)C)[nH]5)cc4c4cnccc4c3c2)C1. The first-order valence-corrected chi connectivity index (χ1v) is 12.0. The third kappa shape index (κ3) is 3.33. The minimum absolute atomic E-state index is 0.370.